The molecule has 0 atom stereocenters. The third kappa shape index (κ3) is 5.15. The number of hydrogen-bond donors (Lipinski definition) is 4. The minimum atomic E-state index is 0.252. The van der Waals surface area contributed by atoms with Crippen LogP contribution in [0.15, 0.2) is 0 Å². The van der Waals surface area contributed by atoms with Crippen LogP contribution in [-0.2, 0) is 0 Å². The van der Waals surface area contributed by atoms with Crippen LogP contribution in [0.1, 0.15) is 37.6 Å². The number of hydrazine groups is 1. The van der Waals surface area contributed by atoms with Crippen molar-refractivity contribution < 1.29 is 5.11 Å². The molecule has 0 saturated carbocycles. The smallest absolute Gasteiger partial charge is 0.148 e. The molecule has 0 aliphatic rings. The average Bonchev–Trinajstić information content (AvgIpc) is 2.44. The van der Waals surface area contributed by atoms with Crippen LogP contribution < -0.4 is 16.6 Å². The SMILES string of the molecule is Cc1c(NN)nc(C(C)C)nc1NCCSCCCO. The number of aliphatic hydroxyl groups is 1. The van der Waals surface area contributed by atoms with Crippen LogP contribution in [0.2, 0.25) is 0 Å². The van der Waals surface area contributed by atoms with Gasteiger partial charge in [-0.1, -0.05) is 13.8 Å². The number of nitrogen functional groups attached to an aromatic ring is 1. The number of aromatic nitrogens is 2. The molecule has 7 heteroatoms. The van der Waals surface area contributed by atoms with Gasteiger partial charge in [-0.15, -0.1) is 0 Å². The minimum Gasteiger partial charge on any atom is -0.396 e. The molecule has 1 heterocycles. The Morgan fingerprint density at radius 3 is 2.55 bits per heavy atom. The molecule has 1 aromatic heterocycles. The molecule has 0 spiro atoms. The van der Waals surface area contributed by atoms with E-state index in [1.807, 2.05) is 18.7 Å². The van der Waals surface area contributed by atoms with Crippen molar-refractivity contribution in [3.05, 3.63) is 11.4 Å². The van der Waals surface area contributed by atoms with Crippen molar-refractivity contribution in [3.63, 3.8) is 0 Å². The predicted molar refractivity (Wildman–Crippen MR) is 86.2 cm³/mol. The molecule has 5 N–H and O–H groups in total. The monoisotopic (exact) mass is 299 g/mol. The standard InChI is InChI=1S/C13H25N5OS/c1-9(2)11-16-12(10(3)13(17-11)18-14)15-5-8-20-7-4-6-19/h9,19H,4-8,14H2,1-3H3,(H2,15,16,17,18). The van der Waals surface area contributed by atoms with E-state index >= 15 is 0 Å². The third-order valence-electron chi connectivity index (χ3n) is 2.80. The summed E-state index contributed by atoms with van der Waals surface area (Å²) in [6, 6.07) is 0. The maximum atomic E-state index is 8.71. The summed E-state index contributed by atoms with van der Waals surface area (Å²) in [4.78, 5) is 8.95. The van der Waals surface area contributed by atoms with Crippen molar-refractivity contribution in [1.29, 1.82) is 0 Å². The average molecular weight is 299 g/mol. The van der Waals surface area contributed by atoms with E-state index in [1.54, 1.807) is 0 Å². The Morgan fingerprint density at radius 2 is 1.95 bits per heavy atom. The van der Waals surface area contributed by atoms with Gasteiger partial charge in [0.15, 0.2) is 0 Å². The first-order valence-electron chi connectivity index (χ1n) is 6.87. The molecule has 1 rings (SSSR count). The maximum absolute atomic E-state index is 8.71. The van der Waals surface area contributed by atoms with Crippen LogP contribution in [0.3, 0.4) is 0 Å². The molecule has 1 aromatic rings. The fourth-order valence-corrected chi connectivity index (χ4v) is 2.40. The molecular weight excluding hydrogens is 274 g/mol. The summed E-state index contributed by atoms with van der Waals surface area (Å²) in [5.74, 6) is 9.99. The highest BCUT2D eigenvalue weighted by Crippen LogP contribution is 2.22. The Bertz CT molecular complexity index is 414. The van der Waals surface area contributed by atoms with Gasteiger partial charge in [-0.2, -0.15) is 11.8 Å². The van der Waals surface area contributed by atoms with Crippen molar-refractivity contribution in [2.75, 3.05) is 35.4 Å². The Balaban J connectivity index is 2.61. The summed E-state index contributed by atoms with van der Waals surface area (Å²) >= 11 is 1.82. The molecule has 0 radical (unpaired) electrons. The first-order valence-corrected chi connectivity index (χ1v) is 8.03. The van der Waals surface area contributed by atoms with Gasteiger partial charge in [-0.05, 0) is 19.1 Å². The maximum Gasteiger partial charge on any atom is 0.148 e. The second-order valence-corrected chi connectivity index (χ2v) is 6.04. The van der Waals surface area contributed by atoms with Crippen molar-refractivity contribution in [2.45, 2.75) is 33.1 Å². The first kappa shape index (κ1) is 17.0. The second-order valence-electron chi connectivity index (χ2n) is 4.82. The van der Waals surface area contributed by atoms with Gasteiger partial charge < -0.3 is 15.8 Å². The van der Waals surface area contributed by atoms with Crippen LogP contribution in [0.25, 0.3) is 0 Å². The van der Waals surface area contributed by atoms with Gasteiger partial charge in [0.05, 0.1) is 0 Å². The number of nitrogens with two attached hydrogens (primary N) is 1. The molecule has 114 valence electrons. The number of rotatable bonds is 9. The van der Waals surface area contributed by atoms with Gasteiger partial charge in [0.1, 0.15) is 17.5 Å². The van der Waals surface area contributed by atoms with Gasteiger partial charge in [0, 0.05) is 30.4 Å². The summed E-state index contributed by atoms with van der Waals surface area (Å²) in [5.41, 5.74) is 3.55. The highest BCUT2D eigenvalue weighted by molar-refractivity contribution is 7.99. The number of hydrogen-bond acceptors (Lipinski definition) is 7. The molecular formula is C13H25N5OS. The van der Waals surface area contributed by atoms with Gasteiger partial charge in [-0.25, -0.2) is 15.8 Å². The fraction of sp³-hybridized carbons (Fsp3) is 0.692. The molecule has 0 unspecified atom stereocenters. The van der Waals surface area contributed by atoms with Crippen LogP contribution in [-0.4, -0.2) is 39.7 Å². The van der Waals surface area contributed by atoms with Crippen molar-refractivity contribution in [2.24, 2.45) is 5.84 Å². The summed E-state index contributed by atoms with van der Waals surface area (Å²) in [6.45, 7) is 7.14. The quantitative estimate of drug-likeness (QED) is 0.313. The Labute approximate surface area is 124 Å². The van der Waals surface area contributed by atoms with Crippen molar-refractivity contribution in [3.8, 4) is 0 Å². The summed E-state index contributed by atoms with van der Waals surface area (Å²) in [7, 11) is 0. The van der Waals surface area contributed by atoms with Crippen LogP contribution in [0.5, 0.6) is 0 Å². The lowest BCUT2D eigenvalue weighted by Gasteiger charge is -2.14. The van der Waals surface area contributed by atoms with E-state index in [9.17, 15) is 0 Å². The molecule has 20 heavy (non-hydrogen) atoms. The van der Waals surface area contributed by atoms with E-state index in [4.69, 9.17) is 10.9 Å². The van der Waals surface area contributed by atoms with Crippen molar-refractivity contribution >= 4 is 23.4 Å². The van der Waals surface area contributed by atoms with E-state index in [2.05, 4.69) is 34.6 Å². The van der Waals surface area contributed by atoms with Crippen molar-refractivity contribution in [1.82, 2.24) is 9.97 Å². The van der Waals surface area contributed by atoms with E-state index in [-0.39, 0.29) is 12.5 Å². The zero-order valence-electron chi connectivity index (χ0n) is 12.4. The van der Waals surface area contributed by atoms with E-state index in [0.717, 1.165) is 41.7 Å². The Morgan fingerprint density at radius 1 is 1.25 bits per heavy atom. The van der Waals surface area contributed by atoms with Crippen LogP contribution >= 0.6 is 11.8 Å². The lowest BCUT2D eigenvalue weighted by atomic mass is 10.2. The van der Waals surface area contributed by atoms with Crippen LogP contribution in [0, 0.1) is 6.92 Å². The zero-order valence-corrected chi connectivity index (χ0v) is 13.3. The molecule has 0 fully saturated rings. The highest BCUT2D eigenvalue weighted by atomic mass is 32.2. The molecule has 0 bridgehead atoms. The summed E-state index contributed by atoms with van der Waals surface area (Å²) in [5, 5.41) is 12.0. The second kappa shape index (κ2) is 8.99. The zero-order chi connectivity index (χ0) is 15.0. The van der Waals surface area contributed by atoms with Crippen LogP contribution in [0.4, 0.5) is 11.6 Å². The minimum absolute atomic E-state index is 0.252. The van der Waals surface area contributed by atoms with Gasteiger partial charge in [0.2, 0.25) is 0 Å². The molecule has 0 aromatic carbocycles. The fourth-order valence-electron chi connectivity index (χ4n) is 1.62. The predicted octanol–water partition coefficient (Wildman–Crippen LogP) is 1.72. The van der Waals surface area contributed by atoms with E-state index in [0.29, 0.717) is 5.82 Å². The number of thioether (sulfide) groups is 1. The number of nitrogens with zero attached hydrogens (tertiary/aromatic N) is 2. The highest BCUT2D eigenvalue weighted by Gasteiger charge is 2.12. The number of nitrogens with one attached hydrogen (secondary N) is 2. The van der Waals surface area contributed by atoms with Gasteiger partial charge in [0.25, 0.3) is 0 Å². The van der Waals surface area contributed by atoms with Gasteiger partial charge in [-0.3, -0.25) is 0 Å². The molecule has 0 aliphatic heterocycles. The molecule has 0 amide bonds. The lowest BCUT2D eigenvalue weighted by Crippen LogP contribution is -2.16. The third-order valence-corrected chi connectivity index (χ3v) is 3.87. The summed E-state index contributed by atoms with van der Waals surface area (Å²) < 4.78 is 0. The van der Waals surface area contributed by atoms with Gasteiger partial charge >= 0.3 is 0 Å². The molecule has 0 aliphatic carbocycles. The largest absolute Gasteiger partial charge is 0.396 e. The first-order chi connectivity index (χ1) is 9.60. The lowest BCUT2D eigenvalue weighted by molar-refractivity contribution is 0.296. The van der Waals surface area contributed by atoms with E-state index in [1.165, 1.54) is 0 Å². The number of anilines is 2. The Hall–Kier alpha value is -1.05. The number of aliphatic hydroxyl groups excluding tert-OH is 1. The summed E-state index contributed by atoms with van der Waals surface area (Å²) in [6.07, 6.45) is 0.843. The molecule has 0 saturated heterocycles. The molecule has 6 nitrogen and oxygen atoms in total. The topological polar surface area (TPSA) is 96.1 Å². The Kier molecular flexibility index (Phi) is 7.64. The van der Waals surface area contributed by atoms with E-state index < -0.39 is 0 Å². The normalized spacial score (nSPS) is 10.9.